The van der Waals surface area contributed by atoms with E-state index in [2.05, 4.69) is 29.9 Å². The predicted octanol–water partition coefficient (Wildman–Crippen LogP) is 11.2. The lowest BCUT2D eigenvalue weighted by atomic mass is 10.0. The molecule has 9 rings (SSSR count). The highest BCUT2D eigenvalue weighted by Gasteiger charge is 2.22. The van der Waals surface area contributed by atoms with Gasteiger partial charge in [-0.25, -0.2) is 29.1 Å². The molecule has 4 aromatic carbocycles. The van der Waals surface area contributed by atoms with Crippen LogP contribution in [0.5, 0.6) is 0 Å². The molecule has 7 aromatic rings. The first-order valence-corrected chi connectivity index (χ1v) is 18.5. The molecule has 0 saturated carbocycles. The number of benzene rings is 4. The molecule has 0 unspecified atom stereocenters. The van der Waals surface area contributed by atoms with Gasteiger partial charge in [0, 0.05) is 66.6 Å². The van der Waals surface area contributed by atoms with Gasteiger partial charge in [-0.15, -0.1) is 0 Å². The van der Waals surface area contributed by atoms with Gasteiger partial charge in [-0.05, 0) is 72.8 Å². The summed E-state index contributed by atoms with van der Waals surface area (Å²) in [6, 6.07) is 36.4. The topological polar surface area (TPSA) is 175 Å². The van der Waals surface area contributed by atoms with E-state index < -0.39 is 0 Å². The van der Waals surface area contributed by atoms with Crippen molar-refractivity contribution < 1.29 is 19.2 Å². The molecular formula is C48H26N8O4. The first kappa shape index (κ1) is 36.6. The molecule has 0 saturated heterocycles. The number of H-pyrrole nitrogens is 2. The van der Waals surface area contributed by atoms with Crippen molar-refractivity contribution in [1.29, 1.82) is 0 Å². The molecule has 0 amide bonds. The van der Waals surface area contributed by atoms with E-state index in [1.807, 2.05) is 97.1 Å². The van der Waals surface area contributed by atoms with Gasteiger partial charge in [0.15, 0.2) is 0 Å². The van der Waals surface area contributed by atoms with Crippen LogP contribution in [0.25, 0.3) is 90.9 Å². The van der Waals surface area contributed by atoms with Crippen LogP contribution in [0.4, 0.5) is 22.7 Å². The summed E-state index contributed by atoms with van der Waals surface area (Å²) in [5.74, 6) is 0. The van der Waals surface area contributed by atoms with E-state index in [-0.39, 0.29) is 0 Å². The number of carbonyl (C=O) groups excluding carboxylic acids is 4. The van der Waals surface area contributed by atoms with Crippen LogP contribution in [0.2, 0.25) is 0 Å². The molecule has 2 N–H and O–H groups in total. The lowest BCUT2D eigenvalue weighted by Gasteiger charge is -2.09. The van der Waals surface area contributed by atoms with Crippen LogP contribution < -0.4 is 0 Å². The number of hydrogen-bond acceptors (Lipinski definition) is 10. The largest absolute Gasteiger partial charge is 0.354 e. The van der Waals surface area contributed by atoms with Gasteiger partial charge in [0.2, 0.25) is 24.3 Å². The van der Waals surface area contributed by atoms with Gasteiger partial charge >= 0.3 is 0 Å². The number of hydrogen-bond donors (Lipinski definition) is 2. The zero-order valence-electron chi connectivity index (χ0n) is 31.2. The third kappa shape index (κ3) is 6.58. The number of fused-ring (bicyclic) bond motifs is 8. The Balaban J connectivity index is 1.53. The van der Waals surface area contributed by atoms with E-state index in [4.69, 9.17) is 9.97 Å². The number of nitrogens with zero attached hydrogens (tertiary/aromatic N) is 6. The Morgan fingerprint density at radius 3 is 0.800 bits per heavy atom. The average Bonchev–Trinajstić information content (AvgIpc) is 4.12. The molecule has 282 valence electrons. The highest BCUT2D eigenvalue weighted by molar-refractivity contribution is 6.03. The Kier molecular flexibility index (Phi) is 9.68. The fourth-order valence-corrected chi connectivity index (χ4v) is 7.67. The third-order valence-corrected chi connectivity index (χ3v) is 10.1. The molecule has 0 fully saturated rings. The summed E-state index contributed by atoms with van der Waals surface area (Å²) in [5.41, 5.74) is 11.0. The molecule has 60 heavy (non-hydrogen) atoms. The van der Waals surface area contributed by atoms with Crippen LogP contribution in [0, 0.1) is 0 Å². The smallest absolute Gasteiger partial charge is 0.240 e. The second-order valence-electron chi connectivity index (χ2n) is 13.4. The van der Waals surface area contributed by atoms with E-state index in [0.717, 1.165) is 0 Å². The van der Waals surface area contributed by atoms with Crippen molar-refractivity contribution in [2.45, 2.75) is 0 Å². The van der Waals surface area contributed by atoms with Crippen LogP contribution in [-0.2, 0) is 19.2 Å². The molecule has 0 spiro atoms. The summed E-state index contributed by atoms with van der Waals surface area (Å²) in [5, 5.41) is 0. The summed E-state index contributed by atoms with van der Waals surface area (Å²) in [6.07, 6.45) is 14.2. The number of aromatic nitrogens is 4. The minimum atomic E-state index is 0.376. The minimum Gasteiger partial charge on any atom is -0.354 e. The second kappa shape index (κ2) is 15.9. The Labute approximate surface area is 340 Å². The van der Waals surface area contributed by atoms with Crippen molar-refractivity contribution in [3.63, 3.8) is 0 Å². The summed E-state index contributed by atoms with van der Waals surface area (Å²) in [6.45, 7) is 0. The van der Waals surface area contributed by atoms with Crippen LogP contribution >= 0.6 is 0 Å². The minimum absolute atomic E-state index is 0.376. The van der Waals surface area contributed by atoms with Crippen molar-refractivity contribution in [3.05, 3.63) is 144 Å². The summed E-state index contributed by atoms with van der Waals surface area (Å²) < 4.78 is 0. The zero-order chi connectivity index (χ0) is 41.0. The SMILES string of the molecule is O=C=Nc1ccccc1-c1c2nc(c(-c3ccccc3N=C=O)c3ccc([nH]3)c(-c3ccccc3N=C=O)c3nc(c(-c4ccccc4N=C=O)c4ccc1[nH]4)C=C3)C=C2. The van der Waals surface area contributed by atoms with Crippen molar-refractivity contribution >= 4 is 93.4 Å². The zero-order valence-corrected chi connectivity index (χ0v) is 31.2. The molecule has 0 radical (unpaired) electrons. The van der Waals surface area contributed by atoms with Gasteiger partial charge in [-0.1, -0.05) is 72.8 Å². The Hall–Kier alpha value is -9.00. The maximum absolute atomic E-state index is 11.7. The highest BCUT2D eigenvalue weighted by Crippen LogP contribution is 2.43. The van der Waals surface area contributed by atoms with Gasteiger partial charge in [0.1, 0.15) is 0 Å². The van der Waals surface area contributed by atoms with Crippen molar-refractivity contribution in [2.75, 3.05) is 0 Å². The maximum Gasteiger partial charge on any atom is 0.240 e. The number of isocyanates is 4. The lowest BCUT2D eigenvalue weighted by Crippen LogP contribution is -1.90. The lowest BCUT2D eigenvalue weighted by molar-refractivity contribution is 0.564. The molecular weight excluding hydrogens is 753 g/mol. The first-order chi connectivity index (χ1) is 29.6. The van der Waals surface area contributed by atoms with E-state index in [0.29, 0.717) is 112 Å². The standard InChI is InChI=1S/C48H26N8O4/c57-25-49-33-13-5-1-9-29(33)45-37-17-19-39(53-37)46(30-10-2-6-14-34(30)50-26-58)41-21-23-43(55-41)48(32-12-4-8-16-36(32)52-28-60)44-24-22-42(56-44)47(40-20-18-38(45)54-40)31-11-3-7-15-35(31)51-27-59/h1-24,53,56H. The van der Waals surface area contributed by atoms with Gasteiger partial charge in [-0.2, -0.15) is 20.0 Å². The van der Waals surface area contributed by atoms with Crippen molar-refractivity contribution in [3.8, 4) is 44.5 Å². The molecule has 0 aliphatic carbocycles. The number of aromatic amines is 2. The number of para-hydroxylation sites is 4. The van der Waals surface area contributed by atoms with E-state index >= 15 is 0 Å². The Morgan fingerprint density at radius 2 is 0.567 bits per heavy atom. The number of aliphatic imine (C=N–C) groups is 4. The van der Waals surface area contributed by atoms with Gasteiger partial charge in [0.25, 0.3) is 0 Å². The number of rotatable bonds is 8. The average molecular weight is 779 g/mol. The predicted molar refractivity (Wildman–Crippen MR) is 232 cm³/mol. The molecule has 3 aromatic heterocycles. The Morgan fingerprint density at radius 1 is 0.333 bits per heavy atom. The molecule has 12 nitrogen and oxygen atoms in total. The van der Waals surface area contributed by atoms with E-state index in [1.165, 1.54) is 0 Å². The first-order valence-electron chi connectivity index (χ1n) is 18.5. The molecule has 2 aliphatic heterocycles. The fraction of sp³-hybridized carbons (Fsp3) is 0. The fourth-order valence-electron chi connectivity index (χ4n) is 7.67. The molecule has 12 heteroatoms. The van der Waals surface area contributed by atoms with Crippen LogP contribution in [0.15, 0.2) is 141 Å². The number of nitrogens with one attached hydrogen (secondary N) is 2. The van der Waals surface area contributed by atoms with Gasteiger partial charge < -0.3 is 9.97 Å². The van der Waals surface area contributed by atoms with Crippen molar-refractivity contribution in [2.24, 2.45) is 20.0 Å². The summed E-state index contributed by atoms with van der Waals surface area (Å²) >= 11 is 0. The summed E-state index contributed by atoms with van der Waals surface area (Å²) in [7, 11) is 0. The van der Waals surface area contributed by atoms with Gasteiger partial charge in [0.05, 0.1) is 45.5 Å². The van der Waals surface area contributed by atoms with Gasteiger partial charge in [-0.3, -0.25) is 0 Å². The van der Waals surface area contributed by atoms with Crippen LogP contribution in [-0.4, -0.2) is 44.3 Å². The van der Waals surface area contributed by atoms with Crippen LogP contribution in [0.1, 0.15) is 22.8 Å². The highest BCUT2D eigenvalue weighted by atomic mass is 16.1. The normalized spacial score (nSPS) is 11.2. The quantitative estimate of drug-likeness (QED) is 0.115. The van der Waals surface area contributed by atoms with E-state index in [9.17, 15) is 19.2 Å². The van der Waals surface area contributed by atoms with Crippen LogP contribution in [0.3, 0.4) is 0 Å². The monoisotopic (exact) mass is 778 g/mol. The Bertz CT molecular complexity index is 2930. The molecule has 2 aliphatic rings. The van der Waals surface area contributed by atoms with Crippen molar-refractivity contribution in [1.82, 2.24) is 19.9 Å². The molecule has 8 bridgehead atoms. The van der Waals surface area contributed by atoms with E-state index in [1.54, 1.807) is 72.9 Å². The second-order valence-corrected chi connectivity index (χ2v) is 13.4. The molecule has 0 atom stereocenters. The molecule has 5 heterocycles. The summed E-state index contributed by atoms with van der Waals surface area (Å²) in [4.78, 5) is 80.7. The third-order valence-electron chi connectivity index (χ3n) is 10.1. The maximum atomic E-state index is 11.7.